The first-order valence-electron chi connectivity index (χ1n) is 4.47. The molecule has 3 nitrogen and oxygen atoms in total. The van der Waals surface area contributed by atoms with Crippen molar-refractivity contribution in [2.24, 2.45) is 5.92 Å². The largest absolute Gasteiger partial charge is 0.334 e. The van der Waals surface area contributed by atoms with Gasteiger partial charge in [-0.3, -0.25) is 4.79 Å². The second-order valence-corrected chi connectivity index (χ2v) is 3.89. The fourth-order valence-corrected chi connectivity index (χ4v) is 1.87. The van der Waals surface area contributed by atoms with Crippen molar-refractivity contribution in [3.63, 3.8) is 0 Å². The number of aromatic amines is 1. The van der Waals surface area contributed by atoms with Gasteiger partial charge in [-0.1, -0.05) is 0 Å². The number of H-pyrrole nitrogens is 1. The maximum atomic E-state index is 12.5. The van der Waals surface area contributed by atoms with Crippen LogP contribution in [-0.4, -0.2) is 22.2 Å². The van der Waals surface area contributed by atoms with Crippen molar-refractivity contribution in [2.75, 3.05) is 0 Å². The van der Waals surface area contributed by atoms with Gasteiger partial charge in [-0.2, -0.15) is 0 Å². The molecular weight excluding hydrogens is 222 g/mol. The number of rotatable bonds is 1. The van der Waals surface area contributed by atoms with Gasteiger partial charge in [0.05, 0.1) is 5.56 Å². The molecule has 0 spiro atoms. The number of nitrogens with one attached hydrogen (secondary N) is 1. The molecule has 1 atom stereocenters. The van der Waals surface area contributed by atoms with Crippen LogP contribution in [-0.2, 0) is 6.42 Å². The average Bonchev–Trinajstić information content (AvgIpc) is 2.16. The van der Waals surface area contributed by atoms with Gasteiger partial charge in [-0.05, 0) is 18.6 Å². The number of Topliss-reactive ketones (excluding diaryl/α,β-unsaturated/α-hetero) is 1. The first kappa shape index (κ1) is 10.4. The smallest absolute Gasteiger partial charge is 0.242 e. The van der Waals surface area contributed by atoms with Crippen LogP contribution in [0.2, 0.25) is 0 Å². The summed E-state index contributed by atoms with van der Waals surface area (Å²) in [6, 6.07) is 0. The van der Waals surface area contributed by atoms with Gasteiger partial charge >= 0.3 is 0 Å². The molecule has 0 aromatic carbocycles. The summed E-state index contributed by atoms with van der Waals surface area (Å²) in [6.07, 6.45) is -1.07. The van der Waals surface area contributed by atoms with Gasteiger partial charge in [0.25, 0.3) is 0 Å². The Balaban J connectivity index is 2.42. The molecule has 0 fully saturated rings. The number of nitrogens with zero attached hydrogens (tertiary/aromatic N) is 1. The topological polar surface area (TPSA) is 45.8 Å². The van der Waals surface area contributed by atoms with Crippen LogP contribution >= 0.6 is 12.2 Å². The second kappa shape index (κ2) is 3.77. The maximum Gasteiger partial charge on any atom is 0.242 e. The lowest BCUT2D eigenvalue weighted by molar-refractivity contribution is 0.0591. The summed E-state index contributed by atoms with van der Waals surface area (Å²) >= 11 is 4.77. The lowest BCUT2D eigenvalue weighted by Crippen LogP contribution is -2.26. The van der Waals surface area contributed by atoms with Crippen molar-refractivity contribution in [3.8, 4) is 0 Å². The fourth-order valence-electron chi connectivity index (χ4n) is 1.69. The van der Waals surface area contributed by atoms with Crippen molar-refractivity contribution >= 4 is 18.0 Å². The number of carbonyl (C=O) groups is 1. The normalized spacial score (nSPS) is 20.5. The Hall–Kier alpha value is -1.17. The third-order valence-electron chi connectivity index (χ3n) is 2.46. The molecule has 1 aliphatic carbocycles. The molecular formula is C9H8F2N2OS. The van der Waals surface area contributed by atoms with E-state index in [0.717, 1.165) is 0 Å². The van der Waals surface area contributed by atoms with Crippen molar-refractivity contribution in [1.29, 1.82) is 0 Å². The van der Waals surface area contributed by atoms with Crippen LogP contribution in [0.5, 0.6) is 0 Å². The molecule has 15 heavy (non-hydrogen) atoms. The van der Waals surface area contributed by atoms with Crippen LogP contribution in [0.25, 0.3) is 0 Å². The van der Waals surface area contributed by atoms with Gasteiger partial charge in [-0.15, -0.1) is 0 Å². The molecule has 6 heteroatoms. The van der Waals surface area contributed by atoms with Crippen LogP contribution in [0.4, 0.5) is 8.78 Å². The summed E-state index contributed by atoms with van der Waals surface area (Å²) < 4.78 is 25.2. The van der Waals surface area contributed by atoms with Gasteiger partial charge in [0.1, 0.15) is 0 Å². The Morgan fingerprint density at radius 3 is 2.93 bits per heavy atom. The minimum absolute atomic E-state index is 0.114. The molecule has 2 rings (SSSR count). The molecule has 80 valence electrons. The van der Waals surface area contributed by atoms with E-state index in [-0.39, 0.29) is 23.4 Å². The molecule has 1 N–H and O–H groups in total. The third kappa shape index (κ3) is 1.94. The second-order valence-electron chi connectivity index (χ2n) is 3.51. The molecule has 1 aromatic rings. The summed E-state index contributed by atoms with van der Waals surface area (Å²) in [6.45, 7) is 0. The van der Waals surface area contributed by atoms with Crippen LogP contribution in [0, 0.1) is 10.7 Å². The third-order valence-corrected chi connectivity index (χ3v) is 2.67. The van der Waals surface area contributed by atoms with E-state index in [1.165, 1.54) is 6.20 Å². The van der Waals surface area contributed by atoms with Gasteiger partial charge in [0, 0.05) is 24.2 Å². The summed E-state index contributed by atoms with van der Waals surface area (Å²) in [5.41, 5.74) is 0.872. The molecule has 0 saturated heterocycles. The predicted molar refractivity (Wildman–Crippen MR) is 51.6 cm³/mol. The Bertz CT molecular complexity index is 458. The highest BCUT2D eigenvalue weighted by atomic mass is 32.1. The number of hydrogen-bond acceptors (Lipinski definition) is 3. The number of alkyl halides is 2. The molecule has 1 aromatic heterocycles. The van der Waals surface area contributed by atoms with E-state index in [1.54, 1.807) is 0 Å². The number of hydrogen-bond donors (Lipinski definition) is 1. The number of fused-ring (bicyclic) bond motifs is 1. The van der Waals surface area contributed by atoms with E-state index in [0.29, 0.717) is 11.3 Å². The number of halogens is 2. The van der Waals surface area contributed by atoms with Crippen molar-refractivity contribution in [3.05, 3.63) is 22.2 Å². The van der Waals surface area contributed by atoms with E-state index in [9.17, 15) is 13.6 Å². The molecule has 0 saturated carbocycles. The van der Waals surface area contributed by atoms with Gasteiger partial charge in [0.15, 0.2) is 10.6 Å². The van der Waals surface area contributed by atoms with Crippen LogP contribution < -0.4 is 0 Å². The van der Waals surface area contributed by atoms with Gasteiger partial charge < -0.3 is 4.98 Å². The monoisotopic (exact) mass is 230 g/mol. The number of carbonyl (C=O) groups excluding carboxylic acids is 1. The van der Waals surface area contributed by atoms with Crippen molar-refractivity contribution < 1.29 is 13.6 Å². The molecule has 1 heterocycles. The Morgan fingerprint density at radius 1 is 1.53 bits per heavy atom. The summed E-state index contributed by atoms with van der Waals surface area (Å²) in [4.78, 5) is 17.9. The van der Waals surface area contributed by atoms with E-state index in [4.69, 9.17) is 12.2 Å². The van der Waals surface area contributed by atoms with Crippen molar-refractivity contribution in [2.45, 2.75) is 19.3 Å². The number of aromatic nitrogens is 2. The standard InChI is InChI=1S/C9H8F2N2OS/c10-8(11)4-1-6-5(7(14)2-4)3-12-9(15)13-6/h3-4,8H,1-2H2,(H,12,13,15)/t4-/m0/s1. The molecule has 0 radical (unpaired) electrons. The zero-order valence-corrected chi connectivity index (χ0v) is 8.48. The highest BCUT2D eigenvalue weighted by Gasteiger charge is 2.31. The van der Waals surface area contributed by atoms with E-state index >= 15 is 0 Å². The molecule has 0 unspecified atom stereocenters. The van der Waals surface area contributed by atoms with E-state index in [2.05, 4.69) is 9.97 Å². The Labute approximate surface area is 89.5 Å². The van der Waals surface area contributed by atoms with Gasteiger partial charge in [-0.25, -0.2) is 13.8 Å². The predicted octanol–water partition coefficient (Wildman–Crippen LogP) is 2.15. The highest BCUT2D eigenvalue weighted by molar-refractivity contribution is 7.71. The highest BCUT2D eigenvalue weighted by Crippen LogP contribution is 2.27. The minimum Gasteiger partial charge on any atom is -0.334 e. The van der Waals surface area contributed by atoms with Crippen LogP contribution in [0.1, 0.15) is 22.5 Å². The van der Waals surface area contributed by atoms with Crippen molar-refractivity contribution in [1.82, 2.24) is 9.97 Å². The Morgan fingerprint density at radius 2 is 2.27 bits per heavy atom. The lowest BCUT2D eigenvalue weighted by atomic mass is 9.87. The summed E-state index contributed by atoms with van der Waals surface area (Å²) in [5.74, 6) is -1.20. The Kier molecular flexibility index (Phi) is 2.60. The SMILES string of the molecule is O=C1C[C@@H](C(F)F)Cc2[nH]c(=S)ncc21. The maximum absolute atomic E-state index is 12.5. The van der Waals surface area contributed by atoms with E-state index < -0.39 is 12.3 Å². The van der Waals surface area contributed by atoms with Gasteiger partial charge in [0.2, 0.25) is 6.43 Å². The molecule has 0 bridgehead atoms. The van der Waals surface area contributed by atoms with Crippen LogP contribution in [0.15, 0.2) is 6.20 Å². The fraction of sp³-hybridized carbons (Fsp3) is 0.444. The quantitative estimate of drug-likeness (QED) is 0.752. The zero-order chi connectivity index (χ0) is 11.0. The minimum atomic E-state index is -2.47. The first-order valence-corrected chi connectivity index (χ1v) is 4.88. The zero-order valence-electron chi connectivity index (χ0n) is 7.67. The summed E-state index contributed by atoms with van der Waals surface area (Å²) in [5, 5.41) is 0. The molecule has 1 aliphatic rings. The molecule has 0 aliphatic heterocycles. The van der Waals surface area contributed by atoms with E-state index in [1.807, 2.05) is 0 Å². The summed E-state index contributed by atoms with van der Waals surface area (Å²) in [7, 11) is 0. The first-order chi connectivity index (χ1) is 7.08. The molecule has 0 amide bonds. The number of ketones is 1. The average molecular weight is 230 g/mol. The lowest BCUT2D eigenvalue weighted by Gasteiger charge is -2.21. The van der Waals surface area contributed by atoms with Crippen LogP contribution in [0.3, 0.4) is 0 Å².